The van der Waals surface area contributed by atoms with Crippen LogP contribution in [0.4, 0.5) is 4.79 Å². The van der Waals surface area contributed by atoms with Gasteiger partial charge in [-0.05, 0) is 32.2 Å². The molecule has 0 saturated carbocycles. The second kappa shape index (κ2) is 5.00. The highest BCUT2D eigenvalue weighted by molar-refractivity contribution is 5.83. The molecule has 106 valence electrons. The van der Waals surface area contributed by atoms with Gasteiger partial charge in [0.05, 0.1) is 0 Å². The highest BCUT2D eigenvalue weighted by Crippen LogP contribution is 2.24. The number of carboxylic acid groups (broad SMARTS) is 1. The first-order valence-corrected chi connectivity index (χ1v) is 7.19. The number of piperazine rings is 1. The molecule has 3 saturated heterocycles. The predicted octanol–water partition coefficient (Wildman–Crippen LogP) is 0.435. The molecule has 3 heterocycles. The molecule has 1 unspecified atom stereocenters. The molecule has 3 rings (SSSR count). The van der Waals surface area contributed by atoms with Gasteiger partial charge in [0.25, 0.3) is 0 Å². The third-order valence-corrected chi connectivity index (χ3v) is 4.64. The molecular weight excluding hydrogens is 246 g/mol. The van der Waals surface area contributed by atoms with E-state index in [1.165, 1.54) is 6.42 Å². The van der Waals surface area contributed by atoms with Gasteiger partial charge < -0.3 is 14.9 Å². The van der Waals surface area contributed by atoms with Gasteiger partial charge in [-0.15, -0.1) is 0 Å². The largest absolute Gasteiger partial charge is 0.480 e. The van der Waals surface area contributed by atoms with Gasteiger partial charge in [0.15, 0.2) is 0 Å². The fourth-order valence-electron chi connectivity index (χ4n) is 3.60. The molecule has 3 aliphatic rings. The maximum absolute atomic E-state index is 12.5. The first kappa shape index (κ1) is 12.7. The van der Waals surface area contributed by atoms with Crippen molar-refractivity contribution in [3.63, 3.8) is 0 Å². The molecular formula is C13H21N3O3. The second-order valence-corrected chi connectivity index (χ2v) is 5.75. The molecule has 2 atom stereocenters. The Hall–Kier alpha value is -1.30. The number of carbonyl (C=O) groups excluding carboxylic acids is 1. The minimum Gasteiger partial charge on any atom is -0.480 e. The molecule has 3 aliphatic heterocycles. The van der Waals surface area contributed by atoms with E-state index in [0.717, 1.165) is 39.0 Å². The molecule has 0 aromatic rings. The van der Waals surface area contributed by atoms with E-state index >= 15 is 0 Å². The van der Waals surface area contributed by atoms with E-state index in [4.69, 9.17) is 5.11 Å². The van der Waals surface area contributed by atoms with Crippen LogP contribution in [0.3, 0.4) is 0 Å². The summed E-state index contributed by atoms with van der Waals surface area (Å²) >= 11 is 0. The Labute approximate surface area is 112 Å². The number of likely N-dealkylation sites (tertiary alicyclic amines) is 1. The van der Waals surface area contributed by atoms with Crippen molar-refractivity contribution in [3.8, 4) is 0 Å². The maximum atomic E-state index is 12.5. The van der Waals surface area contributed by atoms with Crippen LogP contribution in [0.2, 0.25) is 0 Å². The van der Waals surface area contributed by atoms with Crippen LogP contribution in [0, 0.1) is 0 Å². The summed E-state index contributed by atoms with van der Waals surface area (Å²) in [5.41, 5.74) is 0. The van der Waals surface area contributed by atoms with Crippen LogP contribution in [-0.2, 0) is 4.79 Å². The zero-order valence-electron chi connectivity index (χ0n) is 11.1. The second-order valence-electron chi connectivity index (χ2n) is 5.75. The number of fused-ring (bicyclic) bond motifs is 1. The Bertz CT molecular complexity index is 387. The van der Waals surface area contributed by atoms with Gasteiger partial charge in [-0.3, -0.25) is 4.90 Å². The van der Waals surface area contributed by atoms with E-state index in [0.29, 0.717) is 19.0 Å². The SMILES string of the molecule is O=C(O)[C@H]1CCCN1C(=O)N1CCN2CCCC2C1. The maximum Gasteiger partial charge on any atom is 0.326 e. The zero-order valence-corrected chi connectivity index (χ0v) is 11.1. The fourth-order valence-corrected chi connectivity index (χ4v) is 3.60. The van der Waals surface area contributed by atoms with Crippen LogP contribution in [0.15, 0.2) is 0 Å². The van der Waals surface area contributed by atoms with E-state index in [1.54, 1.807) is 4.90 Å². The lowest BCUT2D eigenvalue weighted by Gasteiger charge is -2.39. The van der Waals surface area contributed by atoms with Crippen molar-refractivity contribution in [2.45, 2.75) is 37.8 Å². The Kier molecular flexibility index (Phi) is 3.35. The number of carbonyl (C=O) groups is 2. The smallest absolute Gasteiger partial charge is 0.326 e. The van der Waals surface area contributed by atoms with Gasteiger partial charge in [-0.1, -0.05) is 0 Å². The summed E-state index contributed by atoms with van der Waals surface area (Å²) in [6, 6.07) is -0.200. The average molecular weight is 267 g/mol. The van der Waals surface area contributed by atoms with Gasteiger partial charge in [0.2, 0.25) is 0 Å². The lowest BCUT2D eigenvalue weighted by atomic mass is 10.1. The van der Waals surface area contributed by atoms with E-state index in [9.17, 15) is 9.59 Å². The molecule has 0 aromatic heterocycles. The van der Waals surface area contributed by atoms with Gasteiger partial charge in [-0.25, -0.2) is 9.59 Å². The zero-order chi connectivity index (χ0) is 13.4. The van der Waals surface area contributed by atoms with E-state index in [1.807, 2.05) is 4.90 Å². The first-order valence-electron chi connectivity index (χ1n) is 7.19. The van der Waals surface area contributed by atoms with Gasteiger partial charge in [-0.2, -0.15) is 0 Å². The van der Waals surface area contributed by atoms with Crippen molar-refractivity contribution in [2.75, 3.05) is 32.7 Å². The summed E-state index contributed by atoms with van der Waals surface area (Å²) < 4.78 is 0. The summed E-state index contributed by atoms with van der Waals surface area (Å²) in [7, 11) is 0. The molecule has 0 radical (unpaired) electrons. The van der Waals surface area contributed by atoms with Gasteiger partial charge >= 0.3 is 12.0 Å². The van der Waals surface area contributed by atoms with E-state index < -0.39 is 12.0 Å². The quantitative estimate of drug-likeness (QED) is 0.748. The van der Waals surface area contributed by atoms with Crippen molar-refractivity contribution in [3.05, 3.63) is 0 Å². The number of amides is 2. The summed E-state index contributed by atoms with van der Waals surface area (Å²) in [5.74, 6) is -0.870. The van der Waals surface area contributed by atoms with Crippen molar-refractivity contribution in [1.82, 2.24) is 14.7 Å². The van der Waals surface area contributed by atoms with Gasteiger partial charge in [0.1, 0.15) is 6.04 Å². The molecule has 0 aromatic carbocycles. The molecule has 2 amide bonds. The van der Waals surface area contributed by atoms with Crippen LogP contribution >= 0.6 is 0 Å². The molecule has 0 spiro atoms. The van der Waals surface area contributed by atoms with Crippen LogP contribution in [-0.4, -0.2) is 76.6 Å². The molecule has 0 aliphatic carbocycles. The number of urea groups is 1. The van der Waals surface area contributed by atoms with Gasteiger partial charge in [0, 0.05) is 32.2 Å². The van der Waals surface area contributed by atoms with Crippen molar-refractivity contribution in [1.29, 1.82) is 0 Å². The topological polar surface area (TPSA) is 64.1 Å². The van der Waals surface area contributed by atoms with E-state index in [2.05, 4.69) is 4.90 Å². The Morgan fingerprint density at radius 1 is 1.00 bits per heavy atom. The van der Waals surface area contributed by atoms with Crippen LogP contribution < -0.4 is 0 Å². The number of carboxylic acids is 1. The predicted molar refractivity (Wildman–Crippen MR) is 68.9 cm³/mol. The molecule has 6 heteroatoms. The molecule has 0 bridgehead atoms. The summed E-state index contributed by atoms with van der Waals surface area (Å²) in [6.45, 7) is 4.16. The highest BCUT2D eigenvalue weighted by Gasteiger charge is 2.39. The minimum atomic E-state index is -0.870. The first-order chi connectivity index (χ1) is 9.16. The number of nitrogens with zero attached hydrogens (tertiary/aromatic N) is 3. The van der Waals surface area contributed by atoms with Crippen molar-refractivity contribution < 1.29 is 14.7 Å². The Balaban J connectivity index is 1.65. The van der Waals surface area contributed by atoms with Crippen LogP contribution in [0.25, 0.3) is 0 Å². The Morgan fingerprint density at radius 3 is 2.58 bits per heavy atom. The van der Waals surface area contributed by atoms with Crippen LogP contribution in [0.1, 0.15) is 25.7 Å². The standard InChI is InChI=1S/C13H21N3O3/c17-12(18)11-4-2-6-16(11)13(19)15-8-7-14-5-1-3-10(14)9-15/h10-11H,1-9H2,(H,17,18)/t10?,11-/m1/s1. The van der Waals surface area contributed by atoms with Crippen molar-refractivity contribution in [2.24, 2.45) is 0 Å². The summed E-state index contributed by atoms with van der Waals surface area (Å²) in [4.78, 5) is 29.5. The fraction of sp³-hybridized carbons (Fsp3) is 0.846. The monoisotopic (exact) mass is 267 g/mol. The Morgan fingerprint density at radius 2 is 1.79 bits per heavy atom. The highest BCUT2D eigenvalue weighted by atomic mass is 16.4. The summed E-state index contributed by atoms with van der Waals surface area (Å²) in [5, 5.41) is 9.16. The third kappa shape index (κ3) is 2.29. The number of rotatable bonds is 1. The van der Waals surface area contributed by atoms with Crippen molar-refractivity contribution >= 4 is 12.0 Å². The molecule has 1 N–H and O–H groups in total. The number of aliphatic carboxylic acids is 1. The lowest BCUT2D eigenvalue weighted by molar-refractivity contribution is -0.141. The average Bonchev–Trinajstić information content (AvgIpc) is 3.05. The number of hydrogen-bond donors (Lipinski definition) is 1. The third-order valence-electron chi connectivity index (χ3n) is 4.64. The summed E-state index contributed by atoms with van der Waals surface area (Å²) in [6.07, 6.45) is 3.76. The normalized spacial score (nSPS) is 31.6. The van der Waals surface area contributed by atoms with E-state index in [-0.39, 0.29) is 6.03 Å². The lowest BCUT2D eigenvalue weighted by Crippen LogP contribution is -2.56. The minimum absolute atomic E-state index is 0.0727. The molecule has 3 fully saturated rings. The molecule has 6 nitrogen and oxygen atoms in total. The molecule has 19 heavy (non-hydrogen) atoms. The number of hydrogen-bond acceptors (Lipinski definition) is 3. The van der Waals surface area contributed by atoms with Crippen LogP contribution in [0.5, 0.6) is 0 Å².